The third kappa shape index (κ3) is 3.85. The smallest absolute Gasteiger partial charge is 0.243 e. The summed E-state index contributed by atoms with van der Waals surface area (Å²) in [5, 5.41) is 4.33. The Morgan fingerprint density at radius 1 is 1.25 bits per heavy atom. The predicted molar refractivity (Wildman–Crippen MR) is 101 cm³/mol. The summed E-state index contributed by atoms with van der Waals surface area (Å²) in [6.45, 7) is 0.651. The van der Waals surface area contributed by atoms with E-state index in [1.807, 2.05) is 47.4 Å². The lowest BCUT2D eigenvalue weighted by atomic mass is 10.1. The normalized spacial score (nSPS) is 12.4. The predicted octanol–water partition coefficient (Wildman–Crippen LogP) is 3.62. The number of nitrogens with one attached hydrogen (secondary N) is 2. The van der Waals surface area contributed by atoms with Gasteiger partial charge in [-0.25, -0.2) is 0 Å². The van der Waals surface area contributed by atoms with Crippen LogP contribution in [0.4, 0.5) is 0 Å². The molecule has 3 rings (SSSR count). The van der Waals surface area contributed by atoms with Gasteiger partial charge in [-0.1, -0.05) is 18.2 Å². The molecule has 126 valence electrons. The average Bonchev–Trinajstić information content (AvgIpc) is 3.26. The highest BCUT2D eigenvalue weighted by Crippen LogP contribution is 2.18. The van der Waals surface area contributed by atoms with E-state index in [1.165, 1.54) is 10.9 Å². The van der Waals surface area contributed by atoms with Crippen molar-refractivity contribution in [1.82, 2.24) is 14.9 Å². The Hall–Kier alpha value is -2.14. The summed E-state index contributed by atoms with van der Waals surface area (Å²) in [7, 11) is 0. The molecule has 1 aromatic carbocycles. The SMILES string of the molecule is CSCC[C@H](C(=O)NCCc1c[nH]c2ccccc12)n1cccc1. The second kappa shape index (κ2) is 8.11. The van der Waals surface area contributed by atoms with Crippen LogP contribution in [0.15, 0.2) is 55.0 Å². The number of rotatable bonds is 8. The molecule has 3 aromatic rings. The number of aromatic nitrogens is 2. The van der Waals surface area contributed by atoms with E-state index >= 15 is 0 Å². The van der Waals surface area contributed by atoms with Gasteiger partial charge in [0.1, 0.15) is 6.04 Å². The van der Waals surface area contributed by atoms with Crippen LogP contribution in [0, 0.1) is 0 Å². The van der Waals surface area contributed by atoms with Gasteiger partial charge in [0, 0.05) is 36.0 Å². The number of hydrogen-bond donors (Lipinski definition) is 2. The Morgan fingerprint density at radius 3 is 2.83 bits per heavy atom. The molecule has 2 heterocycles. The van der Waals surface area contributed by atoms with Crippen LogP contribution in [-0.4, -0.2) is 34.0 Å². The summed E-state index contributed by atoms with van der Waals surface area (Å²) in [6.07, 6.45) is 9.70. The van der Waals surface area contributed by atoms with E-state index in [0.717, 1.165) is 24.1 Å². The summed E-state index contributed by atoms with van der Waals surface area (Å²) in [5.74, 6) is 1.07. The van der Waals surface area contributed by atoms with Crippen molar-refractivity contribution in [3.05, 3.63) is 60.6 Å². The van der Waals surface area contributed by atoms with Gasteiger partial charge in [0.15, 0.2) is 0 Å². The summed E-state index contributed by atoms with van der Waals surface area (Å²) in [4.78, 5) is 15.9. The number of aromatic amines is 1. The largest absolute Gasteiger partial charge is 0.361 e. The van der Waals surface area contributed by atoms with Crippen molar-refractivity contribution in [2.24, 2.45) is 0 Å². The van der Waals surface area contributed by atoms with Crippen molar-refractivity contribution in [2.45, 2.75) is 18.9 Å². The Balaban J connectivity index is 1.59. The summed E-state index contributed by atoms with van der Waals surface area (Å²) in [5.41, 5.74) is 2.39. The van der Waals surface area contributed by atoms with Gasteiger partial charge in [-0.3, -0.25) is 4.79 Å². The monoisotopic (exact) mass is 341 g/mol. The molecule has 2 aromatic heterocycles. The summed E-state index contributed by atoms with van der Waals surface area (Å²) < 4.78 is 2.00. The first kappa shape index (κ1) is 16.7. The van der Waals surface area contributed by atoms with E-state index in [2.05, 4.69) is 28.7 Å². The van der Waals surface area contributed by atoms with Crippen LogP contribution in [0.5, 0.6) is 0 Å². The molecule has 0 spiro atoms. The molecular formula is C19H23N3OS. The quantitative estimate of drug-likeness (QED) is 0.657. The summed E-state index contributed by atoms with van der Waals surface area (Å²) in [6, 6.07) is 12.1. The molecule has 0 fully saturated rings. The number of carbonyl (C=O) groups is 1. The maximum atomic E-state index is 12.6. The van der Waals surface area contributed by atoms with Crippen LogP contribution in [0.25, 0.3) is 10.9 Å². The molecule has 2 N–H and O–H groups in total. The van der Waals surface area contributed by atoms with Crippen LogP contribution >= 0.6 is 11.8 Å². The number of fused-ring (bicyclic) bond motifs is 1. The van der Waals surface area contributed by atoms with E-state index < -0.39 is 0 Å². The minimum atomic E-state index is -0.129. The van der Waals surface area contributed by atoms with E-state index in [4.69, 9.17) is 0 Å². The van der Waals surface area contributed by atoms with Gasteiger partial charge < -0.3 is 14.9 Å². The minimum absolute atomic E-state index is 0.0973. The minimum Gasteiger partial charge on any atom is -0.361 e. The molecule has 0 saturated heterocycles. The molecule has 0 saturated carbocycles. The Kier molecular flexibility index (Phi) is 5.64. The molecule has 0 radical (unpaired) electrons. The van der Waals surface area contributed by atoms with Crippen LogP contribution in [0.1, 0.15) is 18.0 Å². The molecule has 0 aliphatic rings. The summed E-state index contributed by atoms with van der Waals surface area (Å²) >= 11 is 1.77. The number of nitrogens with zero attached hydrogens (tertiary/aromatic N) is 1. The van der Waals surface area contributed by atoms with E-state index in [-0.39, 0.29) is 11.9 Å². The molecular weight excluding hydrogens is 318 g/mol. The van der Waals surface area contributed by atoms with Gasteiger partial charge in [-0.2, -0.15) is 11.8 Å². The number of H-pyrrole nitrogens is 1. The molecule has 4 nitrogen and oxygen atoms in total. The first-order valence-corrected chi connectivity index (χ1v) is 9.63. The average molecular weight is 341 g/mol. The molecule has 24 heavy (non-hydrogen) atoms. The lowest BCUT2D eigenvalue weighted by Crippen LogP contribution is -2.33. The van der Waals surface area contributed by atoms with Crippen molar-refractivity contribution in [1.29, 1.82) is 0 Å². The van der Waals surface area contributed by atoms with E-state index in [1.54, 1.807) is 11.8 Å². The third-order valence-corrected chi connectivity index (χ3v) is 4.90. The highest BCUT2D eigenvalue weighted by molar-refractivity contribution is 7.98. The fraction of sp³-hybridized carbons (Fsp3) is 0.316. The zero-order chi connectivity index (χ0) is 16.8. The second-order valence-electron chi connectivity index (χ2n) is 5.83. The number of para-hydroxylation sites is 1. The van der Waals surface area contributed by atoms with E-state index in [9.17, 15) is 4.79 Å². The molecule has 0 unspecified atom stereocenters. The van der Waals surface area contributed by atoms with Crippen LogP contribution in [0.2, 0.25) is 0 Å². The van der Waals surface area contributed by atoms with Crippen molar-refractivity contribution >= 4 is 28.6 Å². The fourth-order valence-electron chi connectivity index (χ4n) is 2.98. The molecule has 1 amide bonds. The third-order valence-electron chi connectivity index (χ3n) is 4.25. The highest BCUT2D eigenvalue weighted by Gasteiger charge is 2.18. The lowest BCUT2D eigenvalue weighted by molar-refractivity contribution is -0.124. The number of amides is 1. The van der Waals surface area contributed by atoms with Crippen LogP contribution < -0.4 is 5.32 Å². The Bertz CT molecular complexity index is 779. The first-order valence-electron chi connectivity index (χ1n) is 8.23. The number of benzene rings is 1. The molecule has 1 atom stereocenters. The van der Waals surface area contributed by atoms with Gasteiger partial charge in [0.05, 0.1) is 0 Å². The van der Waals surface area contributed by atoms with Gasteiger partial charge in [-0.05, 0) is 48.6 Å². The highest BCUT2D eigenvalue weighted by atomic mass is 32.2. The Labute approximate surface area is 146 Å². The zero-order valence-corrected chi connectivity index (χ0v) is 14.7. The topological polar surface area (TPSA) is 49.8 Å². The lowest BCUT2D eigenvalue weighted by Gasteiger charge is -2.18. The molecule has 0 bridgehead atoms. The van der Waals surface area contributed by atoms with Crippen molar-refractivity contribution in [3.8, 4) is 0 Å². The maximum Gasteiger partial charge on any atom is 0.243 e. The molecule has 0 aliphatic carbocycles. The fourth-order valence-corrected chi connectivity index (χ4v) is 3.44. The molecule has 5 heteroatoms. The van der Waals surface area contributed by atoms with E-state index in [0.29, 0.717) is 6.54 Å². The number of thioether (sulfide) groups is 1. The maximum absolute atomic E-state index is 12.6. The van der Waals surface area contributed by atoms with Gasteiger partial charge >= 0.3 is 0 Å². The number of carbonyl (C=O) groups excluding carboxylic acids is 1. The Morgan fingerprint density at radius 2 is 2.04 bits per heavy atom. The van der Waals surface area contributed by atoms with Gasteiger partial charge in [0.2, 0.25) is 5.91 Å². The second-order valence-corrected chi connectivity index (χ2v) is 6.81. The molecule has 0 aliphatic heterocycles. The van der Waals surface area contributed by atoms with Crippen LogP contribution in [0.3, 0.4) is 0 Å². The number of hydrogen-bond acceptors (Lipinski definition) is 2. The van der Waals surface area contributed by atoms with Crippen molar-refractivity contribution in [2.75, 3.05) is 18.6 Å². The zero-order valence-electron chi connectivity index (χ0n) is 13.9. The van der Waals surface area contributed by atoms with Gasteiger partial charge in [-0.15, -0.1) is 0 Å². The standard InChI is InChI=1S/C19H23N3OS/c1-24-13-9-18(22-11-4-5-12-22)19(23)20-10-8-15-14-21-17-7-3-2-6-16(15)17/h2-7,11-12,14,18,21H,8-10,13H2,1H3,(H,20,23)/t18-/m1/s1. The first-order chi connectivity index (χ1) is 11.8. The van der Waals surface area contributed by atoms with Crippen molar-refractivity contribution < 1.29 is 4.79 Å². The van der Waals surface area contributed by atoms with Crippen molar-refractivity contribution in [3.63, 3.8) is 0 Å². The van der Waals surface area contributed by atoms with Crippen LogP contribution in [-0.2, 0) is 11.2 Å². The van der Waals surface area contributed by atoms with Gasteiger partial charge in [0.25, 0.3) is 0 Å².